The van der Waals surface area contributed by atoms with E-state index >= 15 is 0 Å². The molecule has 102 valence electrons. The van der Waals surface area contributed by atoms with Crippen LogP contribution in [-0.2, 0) is 16.4 Å². The van der Waals surface area contributed by atoms with Crippen molar-refractivity contribution in [3.8, 4) is 0 Å². The largest absolute Gasteiger partial charge is 0.472 e. The van der Waals surface area contributed by atoms with Gasteiger partial charge < -0.3 is 15.1 Å². The summed E-state index contributed by atoms with van der Waals surface area (Å²) in [6, 6.07) is 6.85. The molecule has 0 amide bonds. The molecule has 2 aromatic rings. The summed E-state index contributed by atoms with van der Waals surface area (Å²) in [7, 11) is -1.47. The Labute approximate surface area is 112 Å². The highest BCUT2D eigenvalue weighted by Gasteiger charge is 2.16. The van der Waals surface area contributed by atoms with Crippen molar-refractivity contribution in [2.45, 2.75) is 11.4 Å². The van der Waals surface area contributed by atoms with Crippen molar-refractivity contribution in [3.63, 3.8) is 0 Å². The molecule has 0 atom stereocenters. The Morgan fingerprint density at radius 1 is 1.32 bits per heavy atom. The first kappa shape index (κ1) is 13.5. The zero-order valence-electron chi connectivity index (χ0n) is 10.8. The molecule has 0 spiro atoms. The smallest absolute Gasteiger partial charge is 0.177 e. The summed E-state index contributed by atoms with van der Waals surface area (Å²) in [5.74, 6) is 0. The minimum absolute atomic E-state index is 0.157. The predicted molar refractivity (Wildman–Crippen MR) is 74.8 cm³/mol. The maximum absolute atomic E-state index is 11.6. The molecule has 1 aromatic heterocycles. The number of nitrogen functional groups attached to an aromatic ring is 1. The van der Waals surface area contributed by atoms with Gasteiger partial charge in [-0.15, -0.1) is 0 Å². The molecular formula is C13H16N2O3S. The van der Waals surface area contributed by atoms with Gasteiger partial charge in [0.25, 0.3) is 0 Å². The van der Waals surface area contributed by atoms with E-state index in [9.17, 15) is 8.42 Å². The van der Waals surface area contributed by atoms with Gasteiger partial charge in [-0.3, -0.25) is 0 Å². The number of anilines is 2. The number of furan rings is 1. The van der Waals surface area contributed by atoms with Crippen LogP contribution in [-0.4, -0.2) is 21.7 Å². The zero-order chi connectivity index (χ0) is 14.0. The minimum atomic E-state index is -3.32. The molecule has 2 rings (SSSR count). The standard InChI is InChI=1S/C13H16N2O3S/c1-15(8-10-6-7-18-9-10)11-4-3-5-12(13(11)14)19(2,16)17/h3-7,9H,8,14H2,1-2H3. The molecular weight excluding hydrogens is 264 g/mol. The van der Waals surface area contributed by atoms with E-state index in [0.717, 1.165) is 11.8 Å². The van der Waals surface area contributed by atoms with Crippen LogP contribution in [0.25, 0.3) is 0 Å². The summed E-state index contributed by atoms with van der Waals surface area (Å²) in [5, 5.41) is 0. The topological polar surface area (TPSA) is 76.5 Å². The van der Waals surface area contributed by atoms with Crippen molar-refractivity contribution in [1.82, 2.24) is 0 Å². The quantitative estimate of drug-likeness (QED) is 0.866. The van der Waals surface area contributed by atoms with Gasteiger partial charge in [0.1, 0.15) is 0 Å². The third-order valence-corrected chi connectivity index (χ3v) is 4.01. The fourth-order valence-corrected chi connectivity index (χ4v) is 2.76. The van der Waals surface area contributed by atoms with Gasteiger partial charge >= 0.3 is 0 Å². The first-order chi connectivity index (χ1) is 8.89. The van der Waals surface area contributed by atoms with Crippen LogP contribution in [0.5, 0.6) is 0 Å². The molecule has 0 bridgehead atoms. The summed E-state index contributed by atoms with van der Waals surface area (Å²) in [6.45, 7) is 0.591. The number of hydrogen-bond acceptors (Lipinski definition) is 5. The van der Waals surface area contributed by atoms with E-state index in [-0.39, 0.29) is 10.6 Å². The van der Waals surface area contributed by atoms with Crippen molar-refractivity contribution in [3.05, 3.63) is 42.4 Å². The molecule has 0 aliphatic carbocycles. The highest BCUT2D eigenvalue weighted by Crippen LogP contribution is 2.29. The zero-order valence-corrected chi connectivity index (χ0v) is 11.6. The normalized spacial score (nSPS) is 11.5. The number of benzene rings is 1. The van der Waals surface area contributed by atoms with Crippen LogP contribution < -0.4 is 10.6 Å². The lowest BCUT2D eigenvalue weighted by atomic mass is 10.2. The summed E-state index contributed by atoms with van der Waals surface area (Å²) in [5.41, 5.74) is 7.91. The molecule has 0 fully saturated rings. The number of para-hydroxylation sites is 1. The third kappa shape index (κ3) is 2.90. The second-order valence-corrected chi connectivity index (χ2v) is 6.43. The first-order valence-corrected chi connectivity index (χ1v) is 7.59. The molecule has 0 radical (unpaired) electrons. The van der Waals surface area contributed by atoms with Gasteiger partial charge in [0, 0.05) is 25.4 Å². The molecule has 0 aliphatic rings. The lowest BCUT2D eigenvalue weighted by Gasteiger charge is -2.21. The Bertz CT molecular complexity index is 663. The molecule has 0 aliphatic heterocycles. The van der Waals surface area contributed by atoms with Crippen LogP contribution >= 0.6 is 0 Å². The summed E-state index contributed by atoms with van der Waals surface area (Å²) >= 11 is 0. The van der Waals surface area contributed by atoms with Gasteiger partial charge in [-0.2, -0.15) is 0 Å². The van der Waals surface area contributed by atoms with Gasteiger partial charge in [0.05, 0.1) is 28.8 Å². The number of hydrogen-bond donors (Lipinski definition) is 1. The molecule has 0 unspecified atom stereocenters. The number of rotatable bonds is 4. The molecule has 2 N–H and O–H groups in total. The van der Waals surface area contributed by atoms with E-state index in [4.69, 9.17) is 10.2 Å². The van der Waals surface area contributed by atoms with Gasteiger partial charge in [-0.1, -0.05) is 6.07 Å². The molecule has 1 aromatic carbocycles. The van der Waals surface area contributed by atoms with Gasteiger partial charge in [0.2, 0.25) is 0 Å². The molecule has 6 heteroatoms. The highest BCUT2D eigenvalue weighted by atomic mass is 32.2. The first-order valence-electron chi connectivity index (χ1n) is 5.70. The fraction of sp³-hybridized carbons (Fsp3) is 0.231. The molecule has 1 heterocycles. The van der Waals surface area contributed by atoms with Crippen molar-refractivity contribution >= 4 is 21.2 Å². The lowest BCUT2D eigenvalue weighted by molar-refractivity contribution is 0.563. The average molecular weight is 280 g/mol. The summed E-state index contributed by atoms with van der Waals surface area (Å²) in [6.07, 6.45) is 4.39. The Morgan fingerprint density at radius 3 is 2.63 bits per heavy atom. The molecule has 0 saturated carbocycles. The van der Waals surface area contributed by atoms with Gasteiger partial charge in [-0.25, -0.2) is 8.42 Å². The van der Waals surface area contributed by atoms with Gasteiger partial charge in [-0.05, 0) is 18.2 Å². The van der Waals surface area contributed by atoms with Crippen LogP contribution in [0.3, 0.4) is 0 Å². The van der Waals surface area contributed by atoms with Crippen molar-refractivity contribution in [2.24, 2.45) is 0 Å². The second-order valence-electron chi connectivity index (χ2n) is 4.45. The van der Waals surface area contributed by atoms with E-state index in [1.54, 1.807) is 24.7 Å². The Kier molecular flexibility index (Phi) is 3.53. The SMILES string of the molecule is CN(Cc1ccoc1)c1cccc(S(C)(=O)=O)c1N. The van der Waals surface area contributed by atoms with Crippen LogP contribution in [0.1, 0.15) is 5.56 Å². The molecule has 0 saturated heterocycles. The van der Waals surface area contributed by atoms with E-state index in [1.807, 2.05) is 18.0 Å². The fourth-order valence-electron chi connectivity index (χ4n) is 1.93. The lowest BCUT2D eigenvalue weighted by Crippen LogP contribution is -2.18. The molecule has 19 heavy (non-hydrogen) atoms. The average Bonchev–Trinajstić information content (AvgIpc) is 2.80. The van der Waals surface area contributed by atoms with Crippen LogP contribution in [0.15, 0.2) is 46.1 Å². The highest BCUT2D eigenvalue weighted by molar-refractivity contribution is 7.90. The summed E-state index contributed by atoms with van der Waals surface area (Å²) in [4.78, 5) is 2.04. The van der Waals surface area contributed by atoms with E-state index in [0.29, 0.717) is 12.2 Å². The number of nitrogens with two attached hydrogens (primary N) is 1. The third-order valence-electron chi connectivity index (χ3n) is 2.85. The van der Waals surface area contributed by atoms with Crippen LogP contribution in [0.2, 0.25) is 0 Å². The van der Waals surface area contributed by atoms with Crippen molar-refractivity contribution < 1.29 is 12.8 Å². The second kappa shape index (κ2) is 4.97. The number of sulfone groups is 1. The minimum Gasteiger partial charge on any atom is -0.472 e. The Balaban J connectivity index is 2.35. The van der Waals surface area contributed by atoms with Crippen LogP contribution in [0.4, 0.5) is 11.4 Å². The molecule has 5 nitrogen and oxygen atoms in total. The van der Waals surface area contributed by atoms with Crippen molar-refractivity contribution in [2.75, 3.05) is 23.9 Å². The monoisotopic (exact) mass is 280 g/mol. The van der Waals surface area contributed by atoms with E-state index < -0.39 is 9.84 Å². The summed E-state index contributed by atoms with van der Waals surface area (Å²) < 4.78 is 28.3. The van der Waals surface area contributed by atoms with E-state index in [1.165, 1.54) is 6.07 Å². The van der Waals surface area contributed by atoms with Gasteiger partial charge in [0.15, 0.2) is 9.84 Å². The maximum atomic E-state index is 11.6. The van der Waals surface area contributed by atoms with Crippen molar-refractivity contribution in [1.29, 1.82) is 0 Å². The number of nitrogens with zero attached hydrogens (tertiary/aromatic N) is 1. The maximum Gasteiger partial charge on any atom is 0.177 e. The Hall–Kier alpha value is -1.95. The predicted octanol–water partition coefficient (Wildman–Crippen LogP) is 1.90. The van der Waals surface area contributed by atoms with Crippen LogP contribution in [0, 0.1) is 0 Å². The Morgan fingerprint density at radius 2 is 2.05 bits per heavy atom. The van der Waals surface area contributed by atoms with E-state index in [2.05, 4.69) is 0 Å².